The molecule has 1 atom stereocenters. The number of rotatable bonds is 4. The Morgan fingerprint density at radius 1 is 1.44 bits per heavy atom. The average Bonchev–Trinajstić information content (AvgIpc) is 3.09. The predicted molar refractivity (Wildman–Crippen MR) is 63.6 cm³/mol. The van der Waals surface area contributed by atoms with E-state index in [1.165, 1.54) is 18.2 Å². The summed E-state index contributed by atoms with van der Waals surface area (Å²) < 4.78 is 27.1. The van der Waals surface area contributed by atoms with E-state index >= 15 is 0 Å². The zero-order valence-corrected chi connectivity index (χ0v) is 10.2. The minimum atomic E-state index is -0.706. The van der Waals surface area contributed by atoms with Gasteiger partial charge in [0, 0.05) is 12.1 Å². The first kappa shape index (κ1) is 13.0. The summed E-state index contributed by atoms with van der Waals surface area (Å²) in [5.74, 6) is -1.53. The monoisotopic (exact) mass is 254 g/mol. The minimum absolute atomic E-state index is 0.112. The molecule has 1 saturated carbocycles. The van der Waals surface area contributed by atoms with Crippen molar-refractivity contribution in [2.45, 2.75) is 25.8 Å². The molecule has 18 heavy (non-hydrogen) atoms. The van der Waals surface area contributed by atoms with Crippen molar-refractivity contribution >= 4 is 5.91 Å². The van der Waals surface area contributed by atoms with Crippen LogP contribution in [0.5, 0.6) is 0 Å². The molecule has 0 spiro atoms. The van der Waals surface area contributed by atoms with Gasteiger partial charge in [0.05, 0.1) is 11.5 Å². The quantitative estimate of drug-likeness (QED) is 0.862. The van der Waals surface area contributed by atoms with Gasteiger partial charge in [-0.15, -0.1) is 0 Å². The van der Waals surface area contributed by atoms with Gasteiger partial charge in [0.15, 0.2) is 0 Å². The third-order valence-corrected chi connectivity index (χ3v) is 3.51. The molecule has 1 aliphatic carbocycles. The van der Waals surface area contributed by atoms with E-state index < -0.39 is 23.1 Å². The zero-order chi connectivity index (χ0) is 13.3. The highest BCUT2D eigenvalue weighted by Gasteiger charge is 2.48. The molecule has 1 amide bonds. The summed E-state index contributed by atoms with van der Waals surface area (Å²) in [5.41, 5.74) is 4.90. The number of hydrogen-bond acceptors (Lipinski definition) is 2. The Balaban J connectivity index is 2.13. The molecule has 0 radical (unpaired) electrons. The number of benzene rings is 1. The smallest absolute Gasteiger partial charge is 0.227 e. The molecule has 0 heterocycles. The fourth-order valence-corrected chi connectivity index (χ4v) is 2.02. The first-order chi connectivity index (χ1) is 8.50. The van der Waals surface area contributed by atoms with Crippen LogP contribution in [0.2, 0.25) is 0 Å². The van der Waals surface area contributed by atoms with Crippen LogP contribution >= 0.6 is 0 Å². The van der Waals surface area contributed by atoms with Gasteiger partial charge < -0.3 is 11.1 Å². The van der Waals surface area contributed by atoms with Gasteiger partial charge in [-0.05, 0) is 31.9 Å². The number of amides is 1. The molecule has 1 aromatic rings. The van der Waals surface area contributed by atoms with E-state index in [-0.39, 0.29) is 18.0 Å². The van der Waals surface area contributed by atoms with Crippen LogP contribution in [0.1, 0.15) is 31.4 Å². The average molecular weight is 254 g/mol. The molecule has 0 saturated heterocycles. The van der Waals surface area contributed by atoms with Crippen LogP contribution in [-0.2, 0) is 4.79 Å². The number of carbonyl (C=O) groups excluding carboxylic acids is 1. The number of nitrogens with two attached hydrogens (primary N) is 1. The Morgan fingerprint density at radius 2 is 2.00 bits per heavy atom. The maximum Gasteiger partial charge on any atom is 0.227 e. The molecule has 1 aliphatic rings. The number of carbonyl (C=O) groups is 1. The Labute approximate surface area is 104 Å². The third-order valence-electron chi connectivity index (χ3n) is 3.51. The first-order valence-corrected chi connectivity index (χ1v) is 5.95. The molecule has 0 bridgehead atoms. The Bertz CT molecular complexity index is 452. The van der Waals surface area contributed by atoms with E-state index in [1.807, 2.05) is 0 Å². The van der Waals surface area contributed by atoms with Crippen LogP contribution in [0.3, 0.4) is 0 Å². The van der Waals surface area contributed by atoms with Crippen molar-refractivity contribution < 1.29 is 13.6 Å². The normalized spacial score (nSPS) is 18.2. The molecule has 3 N–H and O–H groups in total. The molecular formula is C13H16F2N2O. The molecule has 0 aliphatic heterocycles. The minimum Gasteiger partial charge on any atom is -0.349 e. The highest BCUT2D eigenvalue weighted by atomic mass is 19.1. The summed E-state index contributed by atoms with van der Waals surface area (Å²) in [4.78, 5) is 11.9. The lowest BCUT2D eigenvalue weighted by Gasteiger charge is -2.19. The van der Waals surface area contributed by atoms with Crippen LogP contribution in [0.25, 0.3) is 0 Å². The van der Waals surface area contributed by atoms with E-state index in [9.17, 15) is 13.6 Å². The van der Waals surface area contributed by atoms with Crippen LogP contribution in [0.4, 0.5) is 8.78 Å². The molecule has 1 aromatic carbocycles. The summed E-state index contributed by atoms with van der Waals surface area (Å²) in [6.45, 7) is 1.83. The van der Waals surface area contributed by atoms with E-state index in [0.29, 0.717) is 0 Å². The Morgan fingerprint density at radius 3 is 2.44 bits per heavy atom. The van der Waals surface area contributed by atoms with Gasteiger partial charge in [-0.1, -0.05) is 6.07 Å². The van der Waals surface area contributed by atoms with Gasteiger partial charge >= 0.3 is 0 Å². The van der Waals surface area contributed by atoms with Crippen LogP contribution < -0.4 is 11.1 Å². The van der Waals surface area contributed by atoms with Gasteiger partial charge in [0.1, 0.15) is 11.6 Å². The van der Waals surface area contributed by atoms with Crippen molar-refractivity contribution in [2.24, 2.45) is 11.1 Å². The summed E-state index contributed by atoms with van der Waals surface area (Å²) in [6.07, 6.45) is 1.48. The molecular weight excluding hydrogens is 238 g/mol. The second-order valence-corrected chi connectivity index (χ2v) is 4.81. The van der Waals surface area contributed by atoms with Crippen molar-refractivity contribution in [1.82, 2.24) is 5.32 Å². The van der Waals surface area contributed by atoms with Gasteiger partial charge in [-0.2, -0.15) is 0 Å². The van der Waals surface area contributed by atoms with Crippen molar-refractivity contribution in [1.29, 1.82) is 0 Å². The molecule has 98 valence electrons. The molecule has 3 nitrogen and oxygen atoms in total. The van der Waals surface area contributed by atoms with Crippen LogP contribution in [0.15, 0.2) is 18.2 Å². The molecule has 1 unspecified atom stereocenters. The third kappa shape index (κ3) is 2.22. The number of halogens is 2. The second-order valence-electron chi connectivity index (χ2n) is 4.81. The van der Waals surface area contributed by atoms with Gasteiger partial charge in [0.2, 0.25) is 5.91 Å². The highest BCUT2D eigenvalue weighted by Crippen LogP contribution is 2.45. The largest absolute Gasteiger partial charge is 0.349 e. The first-order valence-electron chi connectivity index (χ1n) is 5.95. The fourth-order valence-electron chi connectivity index (χ4n) is 2.02. The van der Waals surface area contributed by atoms with E-state index in [2.05, 4.69) is 5.32 Å². The van der Waals surface area contributed by atoms with Gasteiger partial charge in [-0.25, -0.2) is 8.78 Å². The fraction of sp³-hybridized carbons (Fsp3) is 0.462. The second kappa shape index (κ2) is 4.65. The molecule has 5 heteroatoms. The Kier molecular flexibility index (Phi) is 3.34. The van der Waals surface area contributed by atoms with Crippen molar-refractivity contribution in [2.75, 3.05) is 6.54 Å². The highest BCUT2D eigenvalue weighted by molar-refractivity contribution is 5.85. The molecule has 2 rings (SSSR count). The summed E-state index contributed by atoms with van der Waals surface area (Å²) in [6, 6.07) is 2.95. The van der Waals surface area contributed by atoms with Crippen LogP contribution in [-0.4, -0.2) is 12.5 Å². The van der Waals surface area contributed by atoms with Crippen molar-refractivity contribution in [3.8, 4) is 0 Å². The zero-order valence-electron chi connectivity index (χ0n) is 10.2. The lowest BCUT2D eigenvalue weighted by Crippen LogP contribution is -2.38. The summed E-state index contributed by atoms with van der Waals surface area (Å²) >= 11 is 0. The SMILES string of the molecule is CC(NC(=O)C1(CN)CC1)c1c(F)cccc1F. The number of nitrogens with one attached hydrogen (secondary N) is 1. The van der Waals surface area contributed by atoms with E-state index in [1.54, 1.807) is 6.92 Å². The summed E-state index contributed by atoms with van der Waals surface area (Å²) in [5, 5.41) is 2.63. The lowest BCUT2D eigenvalue weighted by atomic mass is 10.0. The predicted octanol–water partition coefficient (Wildman–Crippen LogP) is 1.88. The topological polar surface area (TPSA) is 55.1 Å². The van der Waals surface area contributed by atoms with Crippen LogP contribution in [0, 0.1) is 17.0 Å². The maximum absolute atomic E-state index is 13.5. The maximum atomic E-state index is 13.5. The van der Waals surface area contributed by atoms with E-state index in [0.717, 1.165) is 12.8 Å². The molecule has 1 fully saturated rings. The standard InChI is InChI=1S/C13H16F2N2O/c1-8(11-9(14)3-2-4-10(11)15)17-12(18)13(7-16)5-6-13/h2-4,8H,5-7,16H2,1H3,(H,17,18). The van der Waals surface area contributed by atoms with Gasteiger partial charge in [0.25, 0.3) is 0 Å². The van der Waals surface area contributed by atoms with Gasteiger partial charge in [-0.3, -0.25) is 4.79 Å². The van der Waals surface area contributed by atoms with Crippen molar-refractivity contribution in [3.63, 3.8) is 0 Å². The van der Waals surface area contributed by atoms with Crippen molar-refractivity contribution in [3.05, 3.63) is 35.4 Å². The molecule has 0 aromatic heterocycles. The number of hydrogen-bond donors (Lipinski definition) is 2. The Hall–Kier alpha value is -1.49. The summed E-state index contributed by atoms with van der Waals surface area (Å²) in [7, 11) is 0. The lowest BCUT2D eigenvalue weighted by molar-refractivity contribution is -0.126. The van der Waals surface area contributed by atoms with E-state index in [4.69, 9.17) is 5.73 Å².